The molecule has 0 unspecified atom stereocenters. The molecule has 0 fully saturated rings. The third-order valence-electron chi connectivity index (χ3n) is 1.72. The summed E-state index contributed by atoms with van der Waals surface area (Å²) in [5.74, 6) is -0.223. The molecule has 0 aliphatic carbocycles. The first-order valence-electron chi connectivity index (χ1n) is 4.72. The minimum atomic E-state index is -0.642. The standard InChI is InChI=1S/C11H13N3O2/c1-2-4-10(15)13-8-5-3-6-9(7-8)14-11(12)16/h2-7H,1H3,(H,13,15)(H3,12,14,16). The van der Waals surface area contributed by atoms with Crippen LogP contribution < -0.4 is 16.4 Å². The Kier molecular flexibility index (Phi) is 4.08. The summed E-state index contributed by atoms with van der Waals surface area (Å²) in [4.78, 5) is 21.9. The maximum absolute atomic E-state index is 11.2. The lowest BCUT2D eigenvalue weighted by molar-refractivity contribution is -0.111. The second-order valence-corrected chi connectivity index (χ2v) is 3.06. The first kappa shape index (κ1) is 11.8. The van der Waals surface area contributed by atoms with E-state index in [9.17, 15) is 9.59 Å². The van der Waals surface area contributed by atoms with E-state index >= 15 is 0 Å². The van der Waals surface area contributed by atoms with E-state index < -0.39 is 6.03 Å². The van der Waals surface area contributed by atoms with Gasteiger partial charge in [0.2, 0.25) is 5.91 Å². The van der Waals surface area contributed by atoms with E-state index in [1.165, 1.54) is 6.08 Å². The highest BCUT2D eigenvalue weighted by Gasteiger charge is 2.00. The monoisotopic (exact) mass is 219 g/mol. The zero-order chi connectivity index (χ0) is 12.0. The van der Waals surface area contributed by atoms with Crippen molar-refractivity contribution in [2.24, 2.45) is 5.73 Å². The smallest absolute Gasteiger partial charge is 0.316 e. The number of amides is 3. The van der Waals surface area contributed by atoms with Crippen LogP contribution in [0.5, 0.6) is 0 Å². The lowest BCUT2D eigenvalue weighted by Gasteiger charge is -2.05. The van der Waals surface area contributed by atoms with Gasteiger partial charge in [-0.1, -0.05) is 12.1 Å². The summed E-state index contributed by atoms with van der Waals surface area (Å²) in [6.07, 6.45) is 3.05. The van der Waals surface area contributed by atoms with Crippen LogP contribution >= 0.6 is 0 Å². The van der Waals surface area contributed by atoms with Gasteiger partial charge in [-0.05, 0) is 31.2 Å². The van der Waals surface area contributed by atoms with Gasteiger partial charge in [0.05, 0.1) is 0 Å². The van der Waals surface area contributed by atoms with Crippen LogP contribution in [0.25, 0.3) is 0 Å². The number of hydrogen-bond acceptors (Lipinski definition) is 2. The molecule has 0 saturated heterocycles. The molecule has 0 bridgehead atoms. The summed E-state index contributed by atoms with van der Waals surface area (Å²) >= 11 is 0. The van der Waals surface area contributed by atoms with Crippen molar-refractivity contribution < 1.29 is 9.59 Å². The number of primary amides is 1. The second-order valence-electron chi connectivity index (χ2n) is 3.06. The van der Waals surface area contributed by atoms with Gasteiger partial charge < -0.3 is 16.4 Å². The Morgan fingerprint density at radius 1 is 1.25 bits per heavy atom. The number of benzene rings is 1. The molecular formula is C11H13N3O2. The Balaban J connectivity index is 2.74. The fourth-order valence-electron chi connectivity index (χ4n) is 1.15. The SMILES string of the molecule is CC=CC(=O)Nc1cccc(NC(N)=O)c1. The zero-order valence-corrected chi connectivity index (χ0v) is 8.86. The third kappa shape index (κ3) is 3.83. The van der Waals surface area contributed by atoms with E-state index in [4.69, 9.17) is 5.73 Å². The predicted molar refractivity (Wildman–Crippen MR) is 63.1 cm³/mol. The summed E-state index contributed by atoms with van der Waals surface area (Å²) in [7, 11) is 0. The van der Waals surface area contributed by atoms with Crippen LogP contribution in [0.15, 0.2) is 36.4 Å². The highest BCUT2D eigenvalue weighted by Crippen LogP contribution is 2.14. The molecule has 0 radical (unpaired) electrons. The molecule has 3 amide bonds. The van der Waals surface area contributed by atoms with Gasteiger partial charge in [-0.2, -0.15) is 0 Å². The summed E-state index contributed by atoms with van der Waals surface area (Å²) in [6, 6.07) is 6.07. The van der Waals surface area contributed by atoms with Crippen LogP contribution in [0.3, 0.4) is 0 Å². The zero-order valence-electron chi connectivity index (χ0n) is 8.86. The third-order valence-corrected chi connectivity index (χ3v) is 1.72. The van der Waals surface area contributed by atoms with Crippen LogP contribution in [0.4, 0.5) is 16.2 Å². The Morgan fingerprint density at radius 2 is 1.88 bits per heavy atom. The summed E-state index contributed by atoms with van der Waals surface area (Å²) in [6.45, 7) is 1.75. The largest absolute Gasteiger partial charge is 0.351 e. The summed E-state index contributed by atoms with van der Waals surface area (Å²) < 4.78 is 0. The van der Waals surface area contributed by atoms with E-state index in [-0.39, 0.29) is 5.91 Å². The van der Waals surface area contributed by atoms with E-state index in [1.54, 1.807) is 37.3 Å². The number of nitrogens with two attached hydrogens (primary N) is 1. The molecule has 84 valence electrons. The molecule has 1 aromatic carbocycles. The van der Waals surface area contributed by atoms with E-state index in [1.807, 2.05) is 0 Å². The molecule has 0 heterocycles. The summed E-state index contributed by atoms with van der Waals surface area (Å²) in [5.41, 5.74) is 6.10. The first-order valence-corrected chi connectivity index (χ1v) is 4.72. The quantitative estimate of drug-likeness (QED) is 0.676. The number of nitrogens with one attached hydrogen (secondary N) is 2. The van der Waals surface area contributed by atoms with E-state index in [0.717, 1.165) is 0 Å². The molecule has 0 atom stereocenters. The predicted octanol–water partition coefficient (Wildman–Crippen LogP) is 1.69. The van der Waals surface area contributed by atoms with Gasteiger partial charge >= 0.3 is 6.03 Å². The molecule has 1 aromatic rings. The van der Waals surface area contributed by atoms with Crippen molar-refractivity contribution in [3.8, 4) is 0 Å². The van der Waals surface area contributed by atoms with Crippen LogP contribution in [-0.4, -0.2) is 11.9 Å². The van der Waals surface area contributed by atoms with Gasteiger partial charge in [0, 0.05) is 11.4 Å². The second kappa shape index (κ2) is 5.55. The first-order chi connectivity index (χ1) is 7.61. The summed E-state index contributed by atoms with van der Waals surface area (Å²) in [5, 5.41) is 5.06. The molecule has 0 saturated carbocycles. The molecule has 0 aliphatic heterocycles. The molecular weight excluding hydrogens is 206 g/mol. The van der Waals surface area contributed by atoms with Crippen molar-refractivity contribution in [3.05, 3.63) is 36.4 Å². The van der Waals surface area contributed by atoms with Crippen LogP contribution in [-0.2, 0) is 4.79 Å². The average Bonchev–Trinajstić information content (AvgIpc) is 2.17. The van der Waals surface area contributed by atoms with Gasteiger partial charge in [-0.25, -0.2) is 4.79 Å². The van der Waals surface area contributed by atoms with Crippen molar-refractivity contribution in [2.45, 2.75) is 6.92 Å². The Bertz CT molecular complexity index is 427. The highest BCUT2D eigenvalue weighted by molar-refractivity contribution is 5.99. The van der Waals surface area contributed by atoms with Gasteiger partial charge in [0.25, 0.3) is 0 Å². The maximum atomic E-state index is 11.2. The van der Waals surface area contributed by atoms with Crippen molar-refractivity contribution in [1.82, 2.24) is 0 Å². The Hall–Kier alpha value is -2.30. The molecule has 4 N–H and O–H groups in total. The molecule has 0 aliphatic rings. The molecule has 16 heavy (non-hydrogen) atoms. The molecule has 5 nitrogen and oxygen atoms in total. The highest BCUT2D eigenvalue weighted by atomic mass is 16.2. The van der Waals surface area contributed by atoms with Crippen molar-refractivity contribution >= 4 is 23.3 Å². The normalized spacial score (nSPS) is 10.1. The van der Waals surface area contributed by atoms with Gasteiger partial charge in [-0.3, -0.25) is 4.79 Å². The number of carbonyl (C=O) groups is 2. The minimum Gasteiger partial charge on any atom is -0.351 e. The lowest BCUT2D eigenvalue weighted by Crippen LogP contribution is -2.19. The Morgan fingerprint density at radius 3 is 2.44 bits per heavy atom. The van der Waals surface area contributed by atoms with E-state index in [2.05, 4.69) is 10.6 Å². The van der Waals surface area contributed by atoms with Crippen LogP contribution in [0.1, 0.15) is 6.92 Å². The van der Waals surface area contributed by atoms with Crippen LogP contribution in [0.2, 0.25) is 0 Å². The Labute approximate surface area is 93.3 Å². The number of hydrogen-bond donors (Lipinski definition) is 3. The van der Waals surface area contributed by atoms with Crippen LogP contribution in [0, 0.1) is 0 Å². The maximum Gasteiger partial charge on any atom is 0.316 e. The van der Waals surface area contributed by atoms with Gasteiger partial charge in [0.15, 0.2) is 0 Å². The number of allylic oxidation sites excluding steroid dienone is 1. The number of carbonyl (C=O) groups excluding carboxylic acids is 2. The molecule has 1 rings (SSSR count). The number of anilines is 2. The molecule has 0 spiro atoms. The minimum absolute atomic E-state index is 0.223. The average molecular weight is 219 g/mol. The van der Waals surface area contributed by atoms with Gasteiger partial charge in [0.1, 0.15) is 0 Å². The number of urea groups is 1. The number of rotatable bonds is 3. The van der Waals surface area contributed by atoms with Crippen molar-refractivity contribution in [2.75, 3.05) is 10.6 Å². The fourth-order valence-corrected chi connectivity index (χ4v) is 1.15. The van der Waals surface area contributed by atoms with Crippen molar-refractivity contribution in [1.29, 1.82) is 0 Å². The van der Waals surface area contributed by atoms with Gasteiger partial charge in [-0.15, -0.1) is 0 Å². The molecule has 5 heteroatoms. The lowest BCUT2D eigenvalue weighted by atomic mass is 10.2. The topological polar surface area (TPSA) is 84.2 Å². The fraction of sp³-hybridized carbons (Fsp3) is 0.0909. The molecule has 0 aromatic heterocycles. The van der Waals surface area contributed by atoms with E-state index in [0.29, 0.717) is 11.4 Å². The van der Waals surface area contributed by atoms with Crippen molar-refractivity contribution in [3.63, 3.8) is 0 Å².